The number of rotatable bonds is 5. The van der Waals surface area contributed by atoms with Crippen molar-refractivity contribution >= 4 is 11.6 Å². The standard InChI is InChI=1S/C22H18F3N5O2/c1-13-5-6-17(18(8-13)22(23,24)25)14(2)30-12-16(11-27-30)28-21(31)19-9-20(32-29-19)15-4-3-7-26-10-15/h3-12,14H,1-2H3,(H,28,31). The molecular weight excluding hydrogens is 423 g/mol. The fourth-order valence-electron chi connectivity index (χ4n) is 3.26. The minimum Gasteiger partial charge on any atom is -0.355 e. The lowest BCUT2D eigenvalue weighted by atomic mass is 9.99. The number of nitrogens with zero attached hydrogens (tertiary/aromatic N) is 4. The Bertz CT molecular complexity index is 1250. The van der Waals surface area contributed by atoms with Crippen LogP contribution in [0.3, 0.4) is 0 Å². The van der Waals surface area contributed by atoms with Crippen LogP contribution in [-0.4, -0.2) is 25.8 Å². The number of hydrogen-bond acceptors (Lipinski definition) is 5. The van der Waals surface area contributed by atoms with Crippen LogP contribution >= 0.6 is 0 Å². The molecule has 0 aliphatic rings. The van der Waals surface area contributed by atoms with Gasteiger partial charge in [-0.05, 0) is 37.6 Å². The molecule has 4 rings (SSSR count). The molecule has 0 radical (unpaired) electrons. The Morgan fingerprint density at radius 3 is 2.72 bits per heavy atom. The van der Waals surface area contributed by atoms with Gasteiger partial charge in [0.05, 0.1) is 23.5 Å². The quantitative estimate of drug-likeness (QED) is 0.465. The van der Waals surface area contributed by atoms with Crippen LogP contribution in [-0.2, 0) is 6.18 Å². The number of alkyl halides is 3. The normalized spacial score (nSPS) is 12.5. The lowest BCUT2D eigenvalue weighted by Gasteiger charge is -2.19. The summed E-state index contributed by atoms with van der Waals surface area (Å²) in [7, 11) is 0. The van der Waals surface area contributed by atoms with Crippen LogP contribution in [0.1, 0.15) is 40.1 Å². The number of nitrogens with one attached hydrogen (secondary N) is 1. The van der Waals surface area contributed by atoms with Crippen molar-refractivity contribution in [1.29, 1.82) is 0 Å². The first-order chi connectivity index (χ1) is 15.2. The Morgan fingerprint density at radius 1 is 1.19 bits per heavy atom. The molecule has 0 saturated heterocycles. The Labute approximate surface area is 180 Å². The van der Waals surface area contributed by atoms with Crippen molar-refractivity contribution in [3.05, 3.63) is 83.6 Å². The third-order valence-corrected chi connectivity index (χ3v) is 4.91. The summed E-state index contributed by atoms with van der Waals surface area (Å²) in [4.78, 5) is 16.5. The topological polar surface area (TPSA) is 85.8 Å². The van der Waals surface area contributed by atoms with Crippen molar-refractivity contribution in [3.63, 3.8) is 0 Å². The molecule has 1 unspecified atom stereocenters. The van der Waals surface area contributed by atoms with Gasteiger partial charge in [-0.2, -0.15) is 18.3 Å². The third-order valence-electron chi connectivity index (χ3n) is 4.91. The zero-order valence-electron chi connectivity index (χ0n) is 17.1. The fraction of sp³-hybridized carbons (Fsp3) is 0.182. The summed E-state index contributed by atoms with van der Waals surface area (Å²) in [5.41, 5.74) is 0.911. The maximum absolute atomic E-state index is 13.5. The number of benzene rings is 1. The summed E-state index contributed by atoms with van der Waals surface area (Å²) in [6.07, 6.45) is 1.52. The van der Waals surface area contributed by atoms with Crippen LogP contribution in [0.15, 0.2) is 65.7 Å². The molecule has 164 valence electrons. The van der Waals surface area contributed by atoms with E-state index >= 15 is 0 Å². The highest BCUT2D eigenvalue weighted by molar-refractivity contribution is 6.03. The van der Waals surface area contributed by atoms with Gasteiger partial charge in [-0.1, -0.05) is 22.9 Å². The van der Waals surface area contributed by atoms with Gasteiger partial charge < -0.3 is 9.84 Å². The van der Waals surface area contributed by atoms with Gasteiger partial charge in [0.15, 0.2) is 11.5 Å². The number of aromatic nitrogens is 4. The molecule has 32 heavy (non-hydrogen) atoms. The predicted molar refractivity (Wildman–Crippen MR) is 110 cm³/mol. The number of hydrogen-bond donors (Lipinski definition) is 1. The predicted octanol–water partition coefficient (Wildman–Crippen LogP) is 5.12. The van der Waals surface area contributed by atoms with Crippen molar-refractivity contribution < 1.29 is 22.5 Å². The Kier molecular flexibility index (Phi) is 5.52. The number of anilines is 1. The van der Waals surface area contributed by atoms with Crippen LogP contribution in [0.2, 0.25) is 0 Å². The first-order valence-electron chi connectivity index (χ1n) is 9.63. The summed E-state index contributed by atoms with van der Waals surface area (Å²) in [6, 6.07) is 8.44. The second kappa shape index (κ2) is 8.29. The van der Waals surface area contributed by atoms with Gasteiger partial charge in [-0.15, -0.1) is 0 Å². The number of carbonyl (C=O) groups excluding carboxylic acids is 1. The third kappa shape index (κ3) is 4.39. The molecule has 0 fully saturated rings. The van der Waals surface area contributed by atoms with E-state index in [1.54, 1.807) is 44.4 Å². The average Bonchev–Trinajstić information content (AvgIpc) is 3.43. The minimum absolute atomic E-state index is 0.0440. The van der Waals surface area contributed by atoms with Crippen molar-refractivity contribution in [2.24, 2.45) is 0 Å². The lowest BCUT2D eigenvalue weighted by Crippen LogP contribution is -2.16. The van der Waals surface area contributed by atoms with Crippen LogP contribution < -0.4 is 5.32 Å². The van der Waals surface area contributed by atoms with E-state index in [9.17, 15) is 18.0 Å². The van der Waals surface area contributed by atoms with Crippen molar-refractivity contribution in [2.45, 2.75) is 26.1 Å². The van der Waals surface area contributed by atoms with Gasteiger partial charge in [0.2, 0.25) is 0 Å². The molecule has 3 aromatic heterocycles. The molecule has 0 bridgehead atoms. The molecule has 7 nitrogen and oxygen atoms in total. The van der Waals surface area contributed by atoms with Crippen LogP contribution in [0.25, 0.3) is 11.3 Å². The number of amides is 1. The number of halogens is 3. The van der Waals surface area contributed by atoms with Gasteiger partial charge in [-0.3, -0.25) is 14.5 Å². The SMILES string of the molecule is Cc1ccc(C(C)n2cc(NC(=O)c3cc(-c4cccnc4)on3)cn2)c(C(F)(F)F)c1. The van der Waals surface area contributed by atoms with E-state index in [-0.39, 0.29) is 11.3 Å². The zero-order chi connectivity index (χ0) is 22.9. The van der Waals surface area contributed by atoms with E-state index in [1.165, 1.54) is 29.2 Å². The molecule has 0 spiro atoms. The molecular formula is C22H18F3N5O2. The van der Waals surface area contributed by atoms with Crippen molar-refractivity contribution in [2.75, 3.05) is 5.32 Å². The molecule has 1 aromatic carbocycles. The highest BCUT2D eigenvalue weighted by Crippen LogP contribution is 2.36. The van der Waals surface area contributed by atoms with E-state index in [4.69, 9.17) is 4.52 Å². The molecule has 1 N–H and O–H groups in total. The molecule has 0 saturated carbocycles. The van der Waals surface area contributed by atoms with E-state index in [1.807, 2.05) is 0 Å². The highest BCUT2D eigenvalue weighted by Gasteiger charge is 2.35. The Morgan fingerprint density at radius 2 is 2.00 bits per heavy atom. The van der Waals surface area contributed by atoms with Gasteiger partial charge in [0.1, 0.15) is 0 Å². The van der Waals surface area contributed by atoms with E-state index in [0.29, 0.717) is 22.6 Å². The van der Waals surface area contributed by atoms with Gasteiger partial charge in [0, 0.05) is 30.2 Å². The summed E-state index contributed by atoms with van der Waals surface area (Å²) >= 11 is 0. The van der Waals surface area contributed by atoms with Crippen molar-refractivity contribution in [3.8, 4) is 11.3 Å². The number of pyridine rings is 1. The van der Waals surface area contributed by atoms with E-state index in [2.05, 4.69) is 20.6 Å². The molecule has 1 amide bonds. The van der Waals surface area contributed by atoms with Gasteiger partial charge in [0.25, 0.3) is 5.91 Å². The summed E-state index contributed by atoms with van der Waals surface area (Å²) in [6.45, 7) is 3.21. The minimum atomic E-state index is -4.49. The Balaban J connectivity index is 1.51. The van der Waals surface area contributed by atoms with Gasteiger partial charge in [-0.25, -0.2) is 0 Å². The first-order valence-corrected chi connectivity index (χ1v) is 9.63. The van der Waals surface area contributed by atoms with E-state index in [0.717, 1.165) is 6.07 Å². The second-order valence-electron chi connectivity index (χ2n) is 7.25. The first kappa shape index (κ1) is 21.3. The summed E-state index contributed by atoms with van der Waals surface area (Å²) < 4.78 is 47.0. The van der Waals surface area contributed by atoms with Crippen LogP contribution in [0.4, 0.5) is 18.9 Å². The molecule has 10 heteroatoms. The monoisotopic (exact) mass is 441 g/mol. The molecule has 4 aromatic rings. The average molecular weight is 441 g/mol. The number of aryl methyl sites for hydroxylation is 1. The highest BCUT2D eigenvalue weighted by atomic mass is 19.4. The fourth-order valence-corrected chi connectivity index (χ4v) is 3.26. The molecule has 3 heterocycles. The molecule has 0 aliphatic carbocycles. The maximum Gasteiger partial charge on any atom is 0.416 e. The summed E-state index contributed by atoms with van der Waals surface area (Å²) in [5.74, 6) is -0.158. The summed E-state index contributed by atoms with van der Waals surface area (Å²) in [5, 5.41) is 10.5. The largest absolute Gasteiger partial charge is 0.416 e. The van der Waals surface area contributed by atoms with Crippen LogP contribution in [0.5, 0.6) is 0 Å². The zero-order valence-corrected chi connectivity index (χ0v) is 17.1. The number of carbonyl (C=O) groups is 1. The smallest absolute Gasteiger partial charge is 0.355 e. The molecule has 1 atom stereocenters. The van der Waals surface area contributed by atoms with Gasteiger partial charge >= 0.3 is 6.18 Å². The maximum atomic E-state index is 13.5. The van der Waals surface area contributed by atoms with Crippen molar-refractivity contribution in [1.82, 2.24) is 19.9 Å². The van der Waals surface area contributed by atoms with E-state index < -0.39 is 23.7 Å². The van der Waals surface area contributed by atoms with Crippen LogP contribution in [0, 0.1) is 6.92 Å². The Hall–Kier alpha value is -3.95. The lowest BCUT2D eigenvalue weighted by molar-refractivity contribution is -0.138. The molecule has 0 aliphatic heterocycles. The second-order valence-corrected chi connectivity index (χ2v) is 7.25.